The van der Waals surface area contributed by atoms with Gasteiger partial charge in [0.15, 0.2) is 0 Å². The van der Waals surface area contributed by atoms with Gasteiger partial charge in [-0.3, -0.25) is 0 Å². The number of hydrogen-bond donors (Lipinski definition) is 1. The molecule has 15 heavy (non-hydrogen) atoms. The Morgan fingerprint density at radius 2 is 2.07 bits per heavy atom. The van der Waals surface area contributed by atoms with E-state index in [0.29, 0.717) is 0 Å². The number of rotatable bonds is 5. The summed E-state index contributed by atoms with van der Waals surface area (Å²) >= 11 is 1.76. The van der Waals surface area contributed by atoms with Gasteiger partial charge in [-0.05, 0) is 13.0 Å². The molecule has 0 unspecified atom stereocenters. The zero-order valence-electron chi connectivity index (χ0n) is 9.96. The molecule has 0 amide bonds. The van der Waals surface area contributed by atoms with Crippen LogP contribution < -0.4 is 5.32 Å². The summed E-state index contributed by atoms with van der Waals surface area (Å²) < 4.78 is 0. The van der Waals surface area contributed by atoms with Gasteiger partial charge >= 0.3 is 0 Å². The monoisotopic (exact) mass is 248 g/mol. The molecule has 0 saturated heterocycles. The van der Waals surface area contributed by atoms with Crippen molar-refractivity contribution in [2.45, 2.75) is 46.1 Å². The molecule has 0 aliphatic heterocycles. The lowest BCUT2D eigenvalue weighted by molar-refractivity contribution is 0.491. The molecule has 0 spiro atoms. The van der Waals surface area contributed by atoms with Gasteiger partial charge in [0.25, 0.3) is 0 Å². The highest BCUT2D eigenvalue weighted by Crippen LogP contribution is 2.27. The minimum absolute atomic E-state index is 0. The molecule has 88 valence electrons. The average molecular weight is 249 g/mol. The van der Waals surface area contributed by atoms with E-state index in [2.05, 4.69) is 43.4 Å². The van der Waals surface area contributed by atoms with Crippen LogP contribution in [0.4, 0.5) is 0 Å². The molecule has 0 saturated carbocycles. The molecule has 1 aromatic heterocycles. The third kappa shape index (κ3) is 4.09. The quantitative estimate of drug-likeness (QED) is 0.865. The molecule has 4 heteroatoms. The van der Waals surface area contributed by atoms with Gasteiger partial charge in [0.05, 0.1) is 5.69 Å². The first-order valence-electron chi connectivity index (χ1n) is 5.25. The molecule has 0 aliphatic carbocycles. The second-order valence-electron chi connectivity index (χ2n) is 4.14. The van der Waals surface area contributed by atoms with Crippen LogP contribution in [0.3, 0.4) is 0 Å². The van der Waals surface area contributed by atoms with Crippen LogP contribution in [-0.2, 0) is 12.0 Å². The Kier molecular flexibility index (Phi) is 6.41. The van der Waals surface area contributed by atoms with Crippen molar-refractivity contribution in [3.63, 3.8) is 0 Å². The highest BCUT2D eigenvalue weighted by Gasteiger charge is 2.20. The molecule has 0 bridgehead atoms. The minimum atomic E-state index is 0. The maximum atomic E-state index is 4.65. The number of aromatic nitrogens is 1. The molecule has 0 aromatic carbocycles. The summed E-state index contributed by atoms with van der Waals surface area (Å²) in [5, 5.41) is 6.68. The molecule has 1 heterocycles. The van der Waals surface area contributed by atoms with E-state index in [4.69, 9.17) is 0 Å². The Hall–Kier alpha value is -0.120. The van der Waals surface area contributed by atoms with Crippen LogP contribution in [0.2, 0.25) is 0 Å². The molecular weight excluding hydrogens is 228 g/mol. The fraction of sp³-hybridized carbons (Fsp3) is 0.727. The van der Waals surface area contributed by atoms with Crippen LogP contribution in [-0.4, -0.2) is 11.5 Å². The zero-order valence-corrected chi connectivity index (χ0v) is 11.6. The lowest BCUT2D eigenvalue weighted by atomic mass is 9.87. The van der Waals surface area contributed by atoms with Crippen LogP contribution in [0, 0.1) is 0 Å². The van der Waals surface area contributed by atoms with E-state index in [1.165, 1.54) is 10.7 Å². The van der Waals surface area contributed by atoms with Gasteiger partial charge in [0.1, 0.15) is 5.01 Å². The number of nitrogens with zero attached hydrogens (tertiary/aromatic N) is 1. The summed E-state index contributed by atoms with van der Waals surface area (Å²) in [6, 6.07) is 0. The lowest BCUT2D eigenvalue weighted by Gasteiger charge is -2.19. The van der Waals surface area contributed by atoms with E-state index in [9.17, 15) is 0 Å². The Bertz CT molecular complexity index is 284. The number of nitrogens with one attached hydrogen (secondary N) is 1. The third-order valence-electron chi connectivity index (χ3n) is 2.66. The Morgan fingerprint density at radius 3 is 2.60 bits per heavy atom. The number of hydrogen-bond acceptors (Lipinski definition) is 3. The molecule has 0 fully saturated rings. The van der Waals surface area contributed by atoms with Crippen molar-refractivity contribution >= 4 is 23.7 Å². The molecular formula is C11H21ClN2S. The highest BCUT2D eigenvalue weighted by atomic mass is 35.5. The lowest BCUT2D eigenvalue weighted by Crippen LogP contribution is -2.17. The van der Waals surface area contributed by atoms with Crippen molar-refractivity contribution in [2.24, 2.45) is 0 Å². The topological polar surface area (TPSA) is 24.9 Å². The second-order valence-corrected chi connectivity index (χ2v) is 5.09. The van der Waals surface area contributed by atoms with Gasteiger partial charge < -0.3 is 5.32 Å². The van der Waals surface area contributed by atoms with Crippen LogP contribution in [0.5, 0.6) is 0 Å². The Labute approximate surface area is 103 Å². The number of halogens is 1. The van der Waals surface area contributed by atoms with Crippen molar-refractivity contribution in [1.29, 1.82) is 0 Å². The maximum absolute atomic E-state index is 4.65. The van der Waals surface area contributed by atoms with Gasteiger partial charge in [-0.25, -0.2) is 4.98 Å². The summed E-state index contributed by atoms with van der Waals surface area (Å²) in [6.45, 7) is 10.7. The smallest absolute Gasteiger partial charge is 0.107 e. The van der Waals surface area contributed by atoms with E-state index in [1.807, 2.05) is 0 Å². The standard InChI is InChI=1S/C11H20N2S.ClH/c1-5-11(3,4)9-8-14-10(13-9)7-12-6-2;/h8,12H,5-7H2,1-4H3;1H. The van der Waals surface area contributed by atoms with Gasteiger partial charge in [-0.1, -0.05) is 27.7 Å². The summed E-state index contributed by atoms with van der Waals surface area (Å²) in [6.07, 6.45) is 1.14. The van der Waals surface area contributed by atoms with Crippen LogP contribution >= 0.6 is 23.7 Å². The van der Waals surface area contributed by atoms with Crippen molar-refractivity contribution in [3.05, 3.63) is 16.1 Å². The average Bonchev–Trinajstić information content (AvgIpc) is 2.63. The third-order valence-corrected chi connectivity index (χ3v) is 3.50. The fourth-order valence-electron chi connectivity index (χ4n) is 1.12. The second kappa shape index (κ2) is 6.46. The van der Waals surface area contributed by atoms with Gasteiger partial charge in [-0.2, -0.15) is 0 Å². The Morgan fingerprint density at radius 1 is 1.40 bits per heavy atom. The van der Waals surface area contributed by atoms with Crippen LogP contribution in [0.15, 0.2) is 5.38 Å². The molecule has 1 aromatic rings. The van der Waals surface area contributed by atoms with Crippen LogP contribution in [0.1, 0.15) is 44.8 Å². The zero-order chi connectivity index (χ0) is 10.6. The van der Waals surface area contributed by atoms with Crippen molar-refractivity contribution in [1.82, 2.24) is 10.3 Å². The largest absolute Gasteiger partial charge is 0.311 e. The first-order valence-corrected chi connectivity index (χ1v) is 6.13. The van der Waals surface area contributed by atoms with Crippen LogP contribution in [0.25, 0.3) is 0 Å². The molecule has 1 N–H and O–H groups in total. The first kappa shape index (κ1) is 14.9. The minimum Gasteiger partial charge on any atom is -0.311 e. The van der Waals surface area contributed by atoms with E-state index >= 15 is 0 Å². The molecule has 0 atom stereocenters. The maximum Gasteiger partial charge on any atom is 0.107 e. The predicted molar refractivity (Wildman–Crippen MR) is 70.1 cm³/mol. The molecule has 0 radical (unpaired) electrons. The van der Waals surface area contributed by atoms with Gasteiger partial charge in [0, 0.05) is 17.3 Å². The fourth-order valence-corrected chi connectivity index (χ4v) is 2.07. The number of thiazole rings is 1. The summed E-state index contributed by atoms with van der Waals surface area (Å²) in [5.41, 5.74) is 1.46. The molecule has 2 nitrogen and oxygen atoms in total. The van der Waals surface area contributed by atoms with Gasteiger partial charge in [0.2, 0.25) is 0 Å². The van der Waals surface area contributed by atoms with E-state index in [0.717, 1.165) is 19.5 Å². The van der Waals surface area contributed by atoms with Crippen molar-refractivity contribution in [2.75, 3.05) is 6.54 Å². The summed E-state index contributed by atoms with van der Waals surface area (Å²) in [4.78, 5) is 4.65. The van der Waals surface area contributed by atoms with Crippen molar-refractivity contribution < 1.29 is 0 Å². The SMILES string of the molecule is CCNCc1nc(C(C)(C)CC)cs1.Cl. The Balaban J connectivity index is 0.00000196. The molecule has 0 aliphatic rings. The first-order chi connectivity index (χ1) is 6.60. The van der Waals surface area contributed by atoms with E-state index in [1.54, 1.807) is 11.3 Å². The summed E-state index contributed by atoms with van der Waals surface area (Å²) in [7, 11) is 0. The van der Waals surface area contributed by atoms with E-state index < -0.39 is 0 Å². The van der Waals surface area contributed by atoms with E-state index in [-0.39, 0.29) is 17.8 Å². The summed E-state index contributed by atoms with van der Waals surface area (Å²) in [5.74, 6) is 0. The molecule has 1 rings (SSSR count). The van der Waals surface area contributed by atoms with Crippen molar-refractivity contribution in [3.8, 4) is 0 Å². The normalized spacial score (nSPS) is 11.2. The predicted octanol–water partition coefficient (Wildman–Crippen LogP) is 3.36. The van der Waals surface area contributed by atoms with Gasteiger partial charge in [-0.15, -0.1) is 23.7 Å². The highest BCUT2D eigenvalue weighted by molar-refractivity contribution is 7.09.